The van der Waals surface area contributed by atoms with Gasteiger partial charge in [0.15, 0.2) is 0 Å². The van der Waals surface area contributed by atoms with Crippen molar-refractivity contribution < 1.29 is 19.1 Å². The Labute approximate surface area is 235 Å². The summed E-state index contributed by atoms with van der Waals surface area (Å²) in [5, 5.41) is 9.16. The van der Waals surface area contributed by atoms with Crippen molar-refractivity contribution in [1.82, 2.24) is 14.8 Å². The van der Waals surface area contributed by atoms with Crippen LogP contribution in [0.25, 0.3) is 0 Å². The predicted octanol–water partition coefficient (Wildman–Crippen LogP) is 6.04. The first-order valence-electron chi connectivity index (χ1n) is 12.1. The van der Waals surface area contributed by atoms with E-state index < -0.39 is 18.0 Å². The molecule has 0 saturated carbocycles. The lowest BCUT2D eigenvalue weighted by molar-refractivity contribution is -0.140. The van der Waals surface area contributed by atoms with Crippen molar-refractivity contribution in [2.75, 3.05) is 12.4 Å². The van der Waals surface area contributed by atoms with E-state index in [1.54, 1.807) is 28.9 Å². The summed E-state index contributed by atoms with van der Waals surface area (Å²) in [7, 11) is 1.33. The molecule has 1 unspecified atom stereocenters. The zero-order valence-corrected chi connectivity index (χ0v) is 22.8. The topological polar surface area (TPSA) is 95.3 Å². The molecule has 0 radical (unpaired) electrons. The number of esters is 2. The maximum atomic E-state index is 13.5. The molecular formula is C29H25ClN4O4S. The van der Waals surface area contributed by atoms with Gasteiger partial charge in [0.1, 0.15) is 12.6 Å². The van der Waals surface area contributed by atoms with Gasteiger partial charge in [-0.05, 0) is 41.8 Å². The molecule has 1 aliphatic heterocycles. The molecule has 39 heavy (non-hydrogen) atoms. The number of hydrogen-bond donors (Lipinski definition) is 1. The summed E-state index contributed by atoms with van der Waals surface area (Å²) in [5.74, 6) is 0.161. The fourth-order valence-corrected chi connectivity index (χ4v) is 5.36. The summed E-state index contributed by atoms with van der Waals surface area (Å²) in [6.07, 6.45) is 0. The molecule has 4 aromatic rings. The number of nitrogens with zero attached hydrogens (tertiary/aromatic N) is 3. The van der Waals surface area contributed by atoms with Gasteiger partial charge in [-0.2, -0.15) is 4.98 Å². The van der Waals surface area contributed by atoms with Crippen molar-refractivity contribution in [2.45, 2.75) is 30.5 Å². The van der Waals surface area contributed by atoms with Crippen LogP contribution in [0, 0.1) is 0 Å². The van der Waals surface area contributed by atoms with E-state index in [0.717, 1.165) is 16.7 Å². The summed E-state index contributed by atoms with van der Waals surface area (Å²) in [4.78, 5) is 30.1. The number of nitrogens with one attached hydrogen (secondary N) is 1. The van der Waals surface area contributed by atoms with Gasteiger partial charge < -0.3 is 14.8 Å². The largest absolute Gasteiger partial charge is 0.465 e. The van der Waals surface area contributed by atoms with Crippen LogP contribution in [0.3, 0.4) is 0 Å². The average molecular weight is 561 g/mol. The molecule has 1 N–H and O–H groups in total. The van der Waals surface area contributed by atoms with E-state index in [0.29, 0.717) is 38.7 Å². The normalized spacial score (nSPS) is 14.4. The summed E-state index contributed by atoms with van der Waals surface area (Å²) < 4.78 is 12.2. The number of ether oxygens (including phenoxy) is 2. The zero-order valence-electron chi connectivity index (χ0n) is 21.3. The third kappa shape index (κ3) is 5.84. The van der Waals surface area contributed by atoms with Gasteiger partial charge in [-0.15, -0.1) is 5.10 Å². The number of methoxy groups -OCH3 is 1. The molecule has 3 aromatic carbocycles. The van der Waals surface area contributed by atoms with Crippen LogP contribution in [0.4, 0.5) is 5.95 Å². The summed E-state index contributed by atoms with van der Waals surface area (Å²) >= 11 is 7.77. The average Bonchev–Trinajstić information content (AvgIpc) is 3.37. The van der Waals surface area contributed by atoms with Gasteiger partial charge in [0.25, 0.3) is 0 Å². The fourth-order valence-electron chi connectivity index (χ4n) is 4.24. The Bertz CT molecular complexity index is 1540. The van der Waals surface area contributed by atoms with Gasteiger partial charge in [0.05, 0.1) is 18.2 Å². The SMILES string of the molecule is COC(=O)c1ccc(C2C(C(=O)OCc3ccccc3)=C(C)Nc3nc(SCc4ccccc4Cl)nn32)cc1. The summed E-state index contributed by atoms with van der Waals surface area (Å²) in [6.45, 7) is 1.94. The second-order valence-electron chi connectivity index (χ2n) is 8.78. The number of halogens is 1. The minimum atomic E-state index is -0.626. The molecule has 0 aliphatic carbocycles. The molecule has 2 heterocycles. The number of rotatable bonds is 8. The van der Waals surface area contributed by atoms with Crippen LogP contribution in [0.5, 0.6) is 0 Å². The van der Waals surface area contributed by atoms with E-state index in [-0.39, 0.29) is 6.61 Å². The van der Waals surface area contributed by atoms with Crippen LogP contribution in [0.1, 0.15) is 40.0 Å². The van der Waals surface area contributed by atoms with Gasteiger partial charge in [0.2, 0.25) is 11.1 Å². The van der Waals surface area contributed by atoms with Crippen molar-refractivity contribution in [2.24, 2.45) is 0 Å². The number of carbonyl (C=O) groups excluding carboxylic acids is 2. The van der Waals surface area contributed by atoms with Gasteiger partial charge >= 0.3 is 11.9 Å². The van der Waals surface area contributed by atoms with Crippen LogP contribution in [-0.4, -0.2) is 33.8 Å². The van der Waals surface area contributed by atoms with Crippen LogP contribution < -0.4 is 5.32 Å². The lowest BCUT2D eigenvalue weighted by Crippen LogP contribution is -2.29. The van der Waals surface area contributed by atoms with E-state index in [1.165, 1.54) is 18.9 Å². The highest BCUT2D eigenvalue weighted by molar-refractivity contribution is 7.98. The smallest absolute Gasteiger partial charge is 0.338 e. The van der Waals surface area contributed by atoms with E-state index >= 15 is 0 Å². The third-order valence-electron chi connectivity index (χ3n) is 6.23. The van der Waals surface area contributed by atoms with Crippen molar-refractivity contribution in [1.29, 1.82) is 0 Å². The Hall–Kier alpha value is -4.08. The highest BCUT2D eigenvalue weighted by Gasteiger charge is 2.35. The summed E-state index contributed by atoms with van der Waals surface area (Å²) in [5.41, 5.74) is 4.00. The Morgan fingerprint density at radius 2 is 1.72 bits per heavy atom. The first-order valence-corrected chi connectivity index (χ1v) is 13.5. The molecule has 10 heteroatoms. The van der Waals surface area contributed by atoms with Gasteiger partial charge in [0, 0.05) is 16.5 Å². The Kier molecular flexibility index (Phi) is 7.99. The molecule has 0 saturated heterocycles. The number of allylic oxidation sites excluding steroid dienone is 1. The van der Waals surface area contributed by atoms with Crippen molar-refractivity contribution in [3.8, 4) is 0 Å². The lowest BCUT2D eigenvalue weighted by Gasteiger charge is -2.28. The van der Waals surface area contributed by atoms with Crippen molar-refractivity contribution in [3.05, 3.63) is 117 Å². The standard InChI is InChI=1S/C29H25ClN4O4S/c1-18-24(27(36)38-16-19-8-4-3-5-9-19)25(20-12-14-21(15-13-20)26(35)37-2)34-28(31-18)32-29(33-34)39-17-22-10-6-7-11-23(22)30/h3-15,25H,16-17H2,1-2H3,(H,31,32,33). The monoisotopic (exact) mass is 560 g/mol. The molecule has 1 aliphatic rings. The number of aromatic nitrogens is 3. The lowest BCUT2D eigenvalue weighted by atomic mass is 9.95. The Morgan fingerprint density at radius 1 is 1.00 bits per heavy atom. The van der Waals surface area contributed by atoms with Crippen LogP contribution in [-0.2, 0) is 26.6 Å². The Morgan fingerprint density at radius 3 is 2.44 bits per heavy atom. The molecule has 5 rings (SSSR count). The highest BCUT2D eigenvalue weighted by atomic mass is 35.5. The molecule has 198 valence electrons. The first-order chi connectivity index (χ1) is 18.9. The molecule has 8 nitrogen and oxygen atoms in total. The molecule has 1 atom stereocenters. The molecule has 0 amide bonds. The molecule has 1 aromatic heterocycles. The summed E-state index contributed by atoms with van der Waals surface area (Å²) in [6, 6.07) is 23.4. The minimum absolute atomic E-state index is 0.133. The van der Waals surface area contributed by atoms with Gasteiger partial charge in [-0.1, -0.05) is 84.0 Å². The molecule has 0 bridgehead atoms. The van der Waals surface area contributed by atoms with Crippen molar-refractivity contribution >= 4 is 41.2 Å². The molecular weight excluding hydrogens is 536 g/mol. The fraction of sp³-hybridized carbons (Fsp3) is 0.172. The van der Waals surface area contributed by atoms with Crippen LogP contribution >= 0.6 is 23.4 Å². The molecule has 0 fully saturated rings. The quantitative estimate of drug-likeness (QED) is 0.206. The van der Waals surface area contributed by atoms with E-state index in [4.69, 9.17) is 26.2 Å². The number of thioether (sulfide) groups is 1. The number of benzene rings is 3. The van der Waals surface area contributed by atoms with E-state index in [2.05, 4.69) is 10.3 Å². The number of fused-ring (bicyclic) bond motifs is 1. The van der Waals surface area contributed by atoms with Gasteiger partial charge in [-0.3, -0.25) is 0 Å². The third-order valence-corrected chi connectivity index (χ3v) is 7.48. The van der Waals surface area contributed by atoms with Crippen molar-refractivity contribution in [3.63, 3.8) is 0 Å². The van der Waals surface area contributed by atoms with Crippen LogP contribution in [0.2, 0.25) is 5.02 Å². The van der Waals surface area contributed by atoms with E-state index in [9.17, 15) is 9.59 Å². The maximum Gasteiger partial charge on any atom is 0.338 e. The second kappa shape index (κ2) is 11.8. The number of hydrogen-bond acceptors (Lipinski definition) is 8. The highest BCUT2D eigenvalue weighted by Crippen LogP contribution is 2.37. The predicted molar refractivity (Wildman–Crippen MR) is 150 cm³/mol. The second-order valence-corrected chi connectivity index (χ2v) is 10.1. The first kappa shape index (κ1) is 26.5. The number of carbonyl (C=O) groups is 2. The maximum absolute atomic E-state index is 13.5. The van der Waals surface area contributed by atoms with E-state index in [1.807, 2.05) is 61.5 Å². The molecule has 0 spiro atoms. The van der Waals surface area contributed by atoms with Gasteiger partial charge in [-0.25, -0.2) is 14.3 Å². The van der Waals surface area contributed by atoms with Crippen LogP contribution in [0.15, 0.2) is 95.3 Å². The zero-order chi connectivity index (χ0) is 27.4. The minimum Gasteiger partial charge on any atom is -0.465 e. The number of anilines is 1. The Balaban J connectivity index is 1.47.